The maximum Gasteiger partial charge on any atom is 0.161 e. The summed E-state index contributed by atoms with van der Waals surface area (Å²) in [5.74, 6) is 0.684. The highest BCUT2D eigenvalue weighted by Crippen LogP contribution is 2.44. The van der Waals surface area contributed by atoms with Crippen LogP contribution in [-0.4, -0.2) is 9.97 Å². The molecule has 242 valence electrons. The first-order valence-electron chi connectivity index (χ1n) is 17.5. The predicted molar refractivity (Wildman–Crippen MR) is 219 cm³/mol. The Kier molecular flexibility index (Phi) is 6.42. The Morgan fingerprint density at radius 2 is 1.13 bits per heavy atom. The molecule has 11 aromatic rings. The zero-order chi connectivity index (χ0) is 34.2. The minimum Gasteiger partial charge on any atom is -0.456 e. The molecule has 0 saturated heterocycles. The van der Waals surface area contributed by atoms with Crippen LogP contribution in [0, 0.1) is 0 Å². The lowest BCUT2D eigenvalue weighted by Gasteiger charge is -2.12. The summed E-state index contributed by atoms with van der Waals surface area (Å²) < 4.78 is 8.83. The Bertz CT molecular complexity index is 3190. The zero-order valence-electron chi connectivity index (χ0n) is 27.9. The third kappa shape index (κ3) is 4.45. The predicted octanol–water partition coefficient (Wildman–Crippen LogP) is 13.7. The summed E-state index contributed by atoms with van der Waals surface area (Å²) in [6.07, 6.45) is 0. The van der Waals surface area contributed by atoms with E-state index >= 15 is 0 Å². The fraction of sp³-hybridized carbons (Fsp3) is 0. The van der Waals surface area contributed by atoms with Crippen LogP contribution in [0.3, 0.4) is 0 Å². The van der Waals surface area contributed by atoms with Crippen LogP contribution in [-0.2, 0) is 0 Å². The van der Waals surface area contributed by atoms with E-state index in [9.17, 15) is 0 Å². The van der Waals surface area contributed by atoms with Gasteiger partial charge >= 0.3 is 0 Å². The van der Waals surface area contributed by atoms with E-state index in [1.54, 1.807) is 11.3 Å². The van der Waals surface area contributed by atoms with Crippen LogP contribution in [0.4, 0.5) is 0 Å². The number of furan rings is 1. The van der Waals surface area contributed by atoms with Crippen molar-refractivity contribution in [3.8, 4) is 44.9 Å². The van der Waals surface area contributed by atoms with E-state index in [0.29, 0.717) is 5.82 Å². The van der Waals surface area contributed by atoms with Crippen molar-refractivity contribution in [3.05, 3.63) is 170 Å². The molecule has 3 aromatic heterocycles. The van der Waals surface area contributed by atoms with E-state index in [4.69, 9.17) is 14.4 Å². The third-order valence-corrected chi connectivity index (χ3v) is 11.5. The van der Waals surface area contributed by atoms with Crippen molar-refractivity contribution in [2.24, 2.45) is 0 Å². The van der Waals surface area contributed by atoms with Gasteiger partial charge in [-0.15, -0.1) is 11.3 Å². The van der Waals surface area contributed by atoms with Crippen LogP contribution < -0.4 is 0 Å². The molecular formula is C48H28N2OS. The molecule has 0 unspecified atom stereocenters. The van der Waals surface area contributed by atoms with E-state index < -0.39 is 0 Å². The summed E-state index contributed by atoms with van der Waals surface area (Å²) in [5, 5.41) is 8.17. The molecule has 8 aromatic carbocycles. The number of nitrogens with zero attached hydrogens (tertiary/aromatic N) is 2. The molecule has 0 aliphatic heterocycles. The molecular weight excluding hydrogens is 653 g/mol. The fourth-order valence-corrected chi connectivity index (χ4v) is 9.07. The first kappa shape index (κ1) is 29.1. The van der Waals surface area contributed by atoms with Gasteiger partial charge in [-0.05, 0) is 74.1 Å². The van der Waals surface area contributed by atoms with Crippen molar-refractivity contribution in [3.63, 3.8) is 0 Å². The monoisotopic (exact) mass is 680 g/mol. The van der Waals surface area contributed by atoms with Gasteiger partial charge in [0.2, 0.25) is 0 Å². The number of aromatic nitrogens is 2. The first-order valence-corrected chi connectivity index (χ1v) is 18.3. The molecule has 4 heteroatoms. The van der Waals surface area contributed by atoms with Crippen molar-refractivity contribution < 1.29 is 4.42 Å². The molecule has 0 saturated carbocycles. The molecule has 3 nitrogen and oxygen atoms in total. The van der Waals surface area contributed by atoms with Crippen LogP contribution in [0.5, 0.6) is 0 Å². The van der Waals surface area contributed by atoms with E-state index in [0.717, 1.165) is 71.1 Å². The first-order chi connectivity index (χ1) is 25.8. The van der Waals surface area contributed by atoms with E-state index in [1.165, 1.54) is 31.8 Å². The second kappa shape index (κ2) is 11.5. The lowest BCUT2D eigenvalue weighted by Crippen LogP contribution is -1.95. The number of hydrogen-bond donors (Lipinski definition) is 0. The molecule has 0 spiro atoms. The summed E-state index contributed by atoms with van der Waals surface area (Å²) >= 11 is 1.76. The van der Waals surface area contributed by atoms with Gasteiger partial charge in [0.1, 0.15) is 11.2 Å². The maximum atomic E-state index is 6.54. The zero-order valence-corrected chi connectivity index (χ0v) is 28.7. The summed E-state index contributed by atoms with van der Waals surface area (Å²) in [5.41, 5.74) is 10.2. The van der Waals surface area contributed by atoms with Crippen LogP contribution in [0.2, 0.25) is 0 Å². The Balaban J connectivity index is 1.19. The molecule has 11 rings (SSSR count). The lowest BCUT2D eigenvalue weighted by molar-refractivity contribution is 0.669. The second-order valence-corrected chi connectivity index (χ2v) is 14.3. The quantitative estimate of drug-likeness (QED) is 0.174. The number of rotatable bonds is 4. The Hall–Kier alpha value is -6.62. The molecule has 52 heavy (non-hydrogen) atoms. The van der Waals surface area contributed by atoms with Gasteiger partial charge in [-0.2, -0.15) is 0 Å². The molecule has 0 fully saturated rings. The largest absolute Gasteiger partial charge is 0.456 e. The number of thiophene rings is 1. The van der Waals surface area contributed by atoms with Crippen LogP contribution >= 0.6 is 11.3 Å². The summed E-state index contributed by atoms with van der Waals surface area (Å²) in [6, 6.07) is 60.1. The van der Waals surface area contributed by atoms with E-state index in [-0.39, 0.29) is 0 Å². The molecule has 0 atom stereocenters. The molecule has 0 bridgehead atoms. The molecule has 0 aliphatic carbocycles. The van der Waals surface area contributed by atoms with E-state index in [1.807, 2.05) is 6.07 Å². The normalized spacial score (nSPS) is 11.8. The third-order valence-electron chi connectivity index (χ3n) is 10.3. The minimum absolute atomic E-state index is 0.684. The van der Waals surface area contributed by atoms with Crippen molar-refractivity contribution in [2.75, 3.05) is 0 Å². The molecule has 0 amide bonds. The van der Waals surface area contributed by atoms with Gasteiger partial charge in [-0.1, -0.05) is 140 Å². The summed E-state index contributed by atoms with van der Waals surface area (Å²) in [6.45, 7) is 0. The molecule has 0 N–H and O–H groups in total. The standard InChI is InChI=1S/C48H28N2OS/c1-2-13-29(14-3-1)32-16-6-9-20-36(32)45-47-46(37-21-10-11-24-43(37)52-47)50-48(49-45)38-22-12-23-42-44(38)40-28-31(25-26-41(40)51-42)39-27-30-15-4-5-17-33(30)34-18-7-8-19-35(34)39/h1-28H. The highest BCUT2D eigenvalue weighted by atomic mass is 32.1. The Labute approximate surface area is 303 Å². The number of fused-ring (bicyclic) bond motifs is 9. The van der Waals surface area contributed by atoms with Crippen LogP contribution in [0.1, 0.15) is 0 Å². The number of benzene rings is 8. The van der Waals surface area contributed by atoms with Gasteiger partial charge < -0.3 is 4.42 Å². The smallest absolute Gasteiger partial charge is 0.161 e. The average Bonchev–Trinajstić information content (AvgIpc) is 3.79. The molecule has 0 aliphatic rings. The SMILES string of the molecule is c1ccc(-c2ccccc2-c2nc(-c3cccc4oc5ccc(-c6cc7ccccc7c7ccccc67)cc5c34)nc3c2sc2ccccc23)cc1. The van der Waals surface area contributed by atoms with Crippen molar-refractivity contribution in [2.45, 2.75) is 0 Å². The van der Waals surface area contributed by atoms with Gasteiger partial charge in [0.25, 0.3) is 0 Å². The minimum atomic E-state index is 0.684. The highest BCUT2D eigenvalue weighted by Gasteiger charge is 2.22. The van der Waals surface area contributed by atoms with Gasteiger partial charge in [-0.25, -0.2) is 9.97 Å². The Morgan fingerprint density at radius 3 is 2.02 bits per heavy atom. The average molecular weight is 681 g/mol. The maximum absolute atomic E-state index is 6.54. The topological polar surface area (TPSA) is 38.9 Å². The van der Waals surface area contributed by atoms with Crippen LogP contribution in [0.25, 0.3) is 109 Å². The van der Waals surface area contributed by atoms with Gasteiger partial charge in [0.05, 0.1) is 15.9 Å². The van der Waals surface area contributed by atoms with Gasteiger partial charge in [0.15, 0.2) is 5.82 Å². The van der Waals surface area contributed by atoms with Crippen LogP contribution in [0.15, 0.2) is 174 Å². The Morgan fingerprint density at radius 1 is 0.423 bits per heavy atom. The van der Waals surface area contributed by atoms with Gasteiger partial charge in [0, 0.05) is 32.0 Å². The van der Waals surface area contributed by atoms with Gasteiger partial charge in [-0.3, -0.25) is 0 Å². The summed E-state index contributed by atoms with van der Waals surface area (Å²) in [7, 11) is 0. The molecule has 0 radical (unpaired) electrons. The van der Waals surface area contributed by atoms with E-state index in [2.05, 4.69) is 164 Å². The second-order valence-electron chi connectivity index (χ2n) is 13.3. The fourth-order valence-electron chi connectivity index (χ4n) is 7.93. The van der Waals surface area contributed by atoms with Crippen molar-refractivity contribution in [1.82, 2.24) is 9.97 Å². The highest BCUT2D eigenvalue weighted by molar-refractivity contribution is 7.26. The van der Waals surface area contributed by atoms with Crippen molar-refractivity contribution in [1.29, 1.82) is 0 Å². The van der Waals surface area contributed by atoms with Crippen molar-refractivity contribution >= 4 is 75.1 Å². The summed E-state index contributed by atoms with van der Waals surface area (Å²) in [4.78, 5) is 10.8. The lowest BCUT2D eigenvalue weighted by atomic mass is 9.92. The number of hydrogen-bond acceptors (Lipinski definition) is 4. The molecule has 3 heterocycles.